The van der Waals surface area contributed by atoms with E-state index in [0.29, 0.717) is 16.2 Å². The summed E-state index contributed by atoms with van der Waals surface area (Å²) in [5.41, 5.74) is 6.03. The standard InChI is InChI=1S/C29H19N5O2/c1-33-28(35)16-8-6-7-15-17-13-19(26-30-20-9-2-3-10-21(20)31-26)27-32-22-11-4-5-12-23(22)34(27)24(17)14-18(25(15)16)29(33)36/h2-14,26,30-31H,1H3. The summed E-state index contributed by atoms with van der Waals surface area (Å²) in [6.07, 6.45) is -0.189. The molecule has 2 N–H and O–H groups in total. The third-order valence-corrected chi connectivity index (χ3v) is 7.45. The first-order chi connectivity index (χ1) is 17.6. The number of rotatable bonds is 1. The predicted octanol–water partition coefficient (Wildman–Crippen LogP) is 4.98. The minimum absolute atomic E-state index is 0.189. The third-order valence-electron chi connectivity index (χ3n) is 7.45. The van der Waals surface area contributed by atoms with Crippen LogP contribution in [0, 0.1) is 0 Å². The van der Waals surface area contributed by atoms with Crippen LogP contribution in [0.15, 0.2) is 88.5 Å². The van der Waals surface area contributed by atoms with Crippen molar-refractivity contribution in [2.24, 2.45) is 7.05 Å². The van der Waals surface area contributed by atoms with Gasteiger partial charge in [-0.1, -0.05) is 36.4 Å². The van der Waals surface area contributed by atoms with Gasteiger partial charge in [-0.2, -0.15) is 0 Å². The van der Waals surface area contributed by atoms with Crippen molar-refractivity contribution in [2.45, 2.75) is 6.17 Å². The largest absolute Gasteiger partial charge is 0.360 e. The van der Waals surface area contributed by atoms with E-state index in [1.807, 2.05) is 54.6 Å². The number of hydrogen-bond donors (Lipinski definition) is 2. The van der Waals surface area contributed by atoms with Crippen LogP contribution in [0.3, 0.4) is 0 Å². The quantitative estimate of drug-likeness (QED) is 0.262. The van der Waals surface area contributed by atoms with Gasteiger partial charge in [-0.3, -0.25) is 18.6 Å². The van der Waals surface area contributed by atoms with Gasteiger partial charge in [0.05, 0.1) is 33.3 Å². The Morgan fingerprint density at radius 2 is 1.42 bits per heavy atom. The lowest BCUT2D eigenvalue weighted by atomic mass is 9.97. The fraction of sp³-hybridized carbons (Fsp3) is 0.0690. The molecule has 0 saturated carbocycles. The van der Waals surface area contributed by atoms with E-state index in [1.165, 1.54) is 11.6 Å². The zero-order valence-corrected chi connectivity index (χ0v) is 19.2. The molecule has 7 aromatic rings. The molecule has 7 heteroatoms. The highest BCUT2D eigenvalue weighted by molar-refractivity contribution is 6.21. The number of imidazole rings is 1. The Morgan fingerprint density at radius 1 is 0.722 bits per heavy atom. The van der Waals surface area contributed by atoms with Gasteiger partial charge in [-0.25, -0.2) is 4.98 Å². The Labute approximate surface area is 203 Å². The normalized spacial score (nSPS) is 13.7. The summed E-state index contributed by atoms with van der Waals surface area (Å²) >= 11 is 0. The van der Waals surface area contributed by atoms with Crippen LogP contribution in [0.25, 0.3) is 49.1 Å². The highest BCUT2D eigenvalue weighted by Gasteiger charge is 2.26. The zero-order chi connectivity index (χ0) is 24.1. The van der Waals surface area contributed by atoms with Crippen molar-refractivity contribution in [1.82, 2.24) is 14.0 Å². The summed E-state index contributed by atoms with van der Waals surface area (Å²) in [4.78, 5) is 31.2. The monoisotopic (exact) mass is 469 g/mol. The minimum atomic E-state index is -0.290. The van der Waals surface area contributed by atoms with Crippen LogP contribution < -0.4 is 21.8 Å². The van der Waals surface area contributed by atoms with Gasteiger partial charge in [0, 0.05) is 28.8 Å². The minimum Gasteiger partial charge on any atom is -0.360 e. The maximum absolute atomic E-state index is 13.3. The average molecular weight is 470 g/mol. The molecule has 0 radical (unpaired) electrons. The Bertz CT molecular complexity index is 2150. The number of benzene rings is 4. The second kappa shape index (κ2) is 6.60. The van der Waals surface area contributed by atoms with Crippen molar-refractivity contribution in [2.75, 3.05) is 10.6 Å². The number of aromatic nitrogens is 3. The topological polar surface area (TPSA) is 80.4 Å². The summed E-state index contributed by atoms with van der Waals surface area (Å²) in [7, 11) is 1.54. The van der Waals surface area contributed by atoms with E-state index in [4.69, 9.17) is 4.98 Å². The summed E-state index contributed by atoms with van der Waals surface area (Å²) in [6, 6.07) is 25.9. The lowest BCUT2D eigenvalue weighted by Crippen LogP contribution is -2.30. The van der Waals surface area contributed by atoms with Crippen LogP contribution in [-0.2, 0) is 7.05 Å². The fourth-order valence-electron chi connectivity index (χ4n) is 5.76. The van der Waals surface area contributed by atoms with Gasteiger partial charge in [0.2, 0.25) is 0 Å². The predicted molar refractivity (Wildman–Crippen MR) is 144 cm³/mol. The molecule has 0 atom stereocenters. The van der Waals surface area contributed by atoms with Crippen LogP contribution >= 0.6 is 0 Å². The zero-order valence-electron chi connectivity index (χ0n) is 19.2. The van der Waals surface area contributed by atoms with Gasteiger partial charge in [0.15, 0.2) is 0 Å². The SMILES string of the molecule is Cn1c(=O)c2cccc3c4cc(C5Nc6ccccc6N5)c5nc6ccccc6n5c4cc(c1=O)c23. The molecule has 36 heavy (non-hydrogen) atoms. The van der Waals surface area contributed by atoms with E-state index in [1.54, 1.807) is 6.07 Å². The van der Waals surface area contributed by atoms with Crippen molar-refractivity contribution >= 4 is 60.5 Å². The van der Waals surface area contributed by atoms with Crippen LogP contribution in [0.4, 0.5) is 11.4 Å². The summed E-state index contributed by atoms with van der Waals surface area (Å²) < 4.78 is 3.34. The van der Waals surface area contributed by atoms with Gasteiger partial charge >= 0.3 is 0 Å². The number of pyridine rings is 2. The summed E-state index contributed by atoms with van der Waals surface area (Å²) in [6.45, 7) is 0. The molecular weight excluding hydrogens is 450 g/mol. The second-order valence-electron chi connectivity index (χ2n) is 9.38. The van der Waals surface area contributed by atoms with Crippen LogP contribution in [0.1, 0.15) is 11.7 Å². The molecule has 0 amide bonds. The Balaban J connectivity index is 1.59. The van der Waals surface area contributed by atoms with E-state index >= 15 is 0 Å². The number of nitrogens with zero attached hydrogens (tertiary/aromatic N) is 3. The third kappa shape index (κ3) is 2.34. The van der Waals surface area contributed by atoms with E-state index < -0.39 is 0 Å². The molecule has 172 valence electrons. The second-order valence-corrected chi connectivity index (χ2v) is 9.38. The number of anilines is 2. The highest BCUT2D eigenvalue weighted by atomic mass is 16.2. The molecule has 0 saturated heterocycles. The van der Waals surface area contributed by atoms with Gasteiger partial charge < -0.3 is 10.6 Å². The maximum atomic E-state index is 13.3. The molecule has 3 aromatic heterocycles. The molecule has 8 rings (SSSR count). The highest BCUT2D eigenvalue weighted by Crippen LogP contribution is 2.40. The van der Waals surface area contributed by atoms with Gasteiger partial charge in [-0.05, 0) is 47.9 Å². The summed E-state index contributed by atoms with van der Waals surface area (Å²) in [5.74, 6) is 0. The Kier molecular flexibility index (Phi) is 3.56. The van der Waals surface area contributed by atoms with Crippen LogP contribution in [0.2, 0.25) is 0 Å². The van der Waals surface area contributed by atoms with Crippen LogP contribution in [-0.4, -0.2) is 14.0 Å². The first-order valence-corrected chi connectivity index (χ1v) is 11.8. The Morgan fingerprint density at radius 3 is 2.22 bits per heavy atom. The van der Waals surface area contributed by atoms with Gasteiger partial charge in [0.25, 0.3) is 11.1 Å². The number of hydrogen-bond acceptors (Lipinski definition) is 5. The molecule has 7 nitrogen and oxygen atoms in total. The average Bonchev–Trinajstić information content (AvgIpc) is 3.52. The maximum Gasteiger partial charge on any atom is 0.261 e. The molecule has 1 aliphatic heterocycles. The molecule has 0 fully saturated rings. The van der Waals surface area contributed by atoms with E-state index in [-0.39, 0.29) is 17.3 Å². The fourth-order valence-corrected chi connectivity index (χ4v) is 5.76. The molecule has 0 unspecified atom stereocenters. The van der Waals surface area contributed by atoms with Crippen LogP contribution in [0.5, 0.6) is 0 Å². The first kappa shape index (κ1) is 19.4. The Hall–Kier alpha value is -4.91. The smallest absolute Gasteiger partial charge is 0.261 e. The molecular formula is C29H19N5O2. The molecule has 4 heterocycles. The molecule has 0 spiro atoms. The number of para-hydroxylation sites is 4. The molecule has 1 aliphatic rings. The van der Waals surface area contributed by atoms with Crippen molar-refractivity contribution in [3.63, 3.8) is 0 Å². The van der Waals surface area contributed by atoms with Gasteiger partial charge in [0.1, 0.15) is 11.8 Å². The molecule has 0 aliphatic carbocycles. The molecule has 4 aromatic carbocycles. The van der Waals surface area contributed by atoms with E-state index in [9.17, 15) is 9.59 Å². The van der Waals surface area contributed by atoms with Gasteiger partial charge in [-0.15, -0.1) is 0 Å². The van der Waals surface area contributed by atoms with Crippen molar-refractivity contribution in [3.05, 3.63) is 105 Å². The van der Waals surface area contributed by atoms with E-state index in [2.05, 4.69) is 33.2 Å². The summed E-state index contributed by atoms with van der Waals surface area (Å²) in [5, 5.41) is 10.8. The van der Waals surface area contributed by atoms with Crippen molar-refractivity contribution in [3.8, 4) is 0 Å². The number of fused-ring (bicyclic) bond motifs is 7. The van der Waals surface area contributed by atoms with E-state index in [0.717, 1.165) is 49.9 Å². The van der Waals surface area contributed by atoms with Crippen molar-refractivity contribution in [1.29, 1.82) is 0 Å². The van der Waals surface area contributed by atoms with Crippen molar-refractivity contribution < 1.29 is 0 Å². The molecule has 0 bridgehead atoms. The lowest BCUT2D eigenvalue weighted by Gasteiger charge is -2.18. The lowest BCUT2D eigenvalue weighted by molar-refractivity contribution is 0.841. The number of nitrogens with one attached hydrogen (secondary N) is 2. The first-order valence-electron chi connectivity index (χ1n) is 11.8.